The van der Waals surface area contributed by atoms with Crippen molar-refractivity contribution in [2.24, 2.45) is 0 Å². The molecule has 0 fully saturated rings. The normalized spacial score (nSPS) is 3.00. The molecule has 0 aliphatic rings. The molecule has 0 aromatic heterocycles. The fraction of sp³-hybridized carbons (Fsp3) is 0.333. The predicted octanol–water partition coefficient (Wildman–Crippen LogP) is 1.25. The van der Waals surface area contributed by atoms with Gasteiger partial charge in [0.1, 0.15) is 0 Å². The van der Waals surface area contributed by atoms with Crippen LogP contribution in [0.5, 0.6) is 0 Å². The van der Waals surface area contributed by atoms with Crippen molar-refractivity contribution in [3.63, 3.8) is 0 Å². The second-order valence-corrected chi connectivity index (χ2v) is 0.498. The van der Waals surface area contributed by atoms with E-state index >= 15 is 0 Å². The van der Waals surface area contributed by atoms with E-state index in [2.05, 4.69) is 6.58 Å². The summed E-state index contributed by atoms with van der Waals surface area (Å²) in [5.41, 5.74) is 13.5. The summed E-state index contributed by atoms with van der Waals surface area (Å²) in [6.07, 6.45) is 1.75. The molecule has 3 nitrogen and oxygen atoms in total. The molecule has 0 saturated heterocycles. The van der Waals surface area contributed by atoms with Crippen molar-refractivity contribution in [3.05, 3.63) is 28.6 Å². The molecular weight excluding hydrogens is 110 g/mol. The van der Waals surface area contributed by atoms with Crippen LogP contribution < -0.4 is 0 Å². The molecule has 0 unspecified atom stereocenters. The van der Waals surface area contributed by atoms with Gasteiger partial charge in [0.05, 0.1) is 0 Å². The van der Waals surface area contributed by atoms with E-state index in [4.69, 9.17) is 11.1 Å². The Bertz CT molecular complexity index is 55.2. The van der Waals surface area contributed by atoms with Crippen molar-refractivity contribution in [3.8, 4) is 0 Å². The molecule has 0 N–H and O–H groups in total. The highest BCUT2D eigenvalue weighted by Gasteiger charge is 1.15. The molecule has 42 valence electrons. The lowest BCUT2D eigenvalue weighted by Gasteiger charge is -1.31. The Kier molecular flexibility index (Phi) is 123. The van der Waals surface area contributed by atoms with Crippen LogP contribution in [0.25, 0.3) is 16.0 Å². The Labute approximate surface area is 49.9 Å². The van der Waals surface area contributed by atoms with Crippen molar-refractivity contribution in [1.29, 1.82) is 0 Å². The minimum atomic E-state index is 0. The maximum atomic E-state index is 6.75. The summed E-state index contributed by atoms with van der Waals surface area (Å²) >= 11 is 0. The van der Waals surface area contributed by atoms with Gasteiger partial charge in [-0.05, 0) is 6.92 Å². The summed E-state index contributed by atoms with van der Waals surface area (Å²) in [6, 6.07) is 0. The molecule has 0 spiro atoms. The van der Waals surface area contributed by atoms with Gasteiger partial charge in [-0.2, -0.15) is 0 Å². The van der Waals surface area contributed by atoms with E-state index in [1.54, 1.807) is 6.08 Å². The molecule has 0 amide bonds. The summed E-state index contributed by atoms with van der Waals surface area (Å²) in [6.45, 7) is 5.25. The van der Waals surface area contributed by atoms with Gasteiger partial charge in [-0.1, -0.05) is 19.6 Å². The molecule has 0 saturated carbocycles. The first-order valence-corrected chi connectivity index (χ1v) is 1.39. The Balaban J connectivity index is -0.0000000400. The molecule has 0 aliphatic carbocycles. The second-order valence-electron chi connectivity index (χ2n) is 0.498. The minimum Gasteiger partial charge on any atom is -0.373 e. The topological polar surface area (TPSA) is 58.7 Å². The van der Waals surface area contributed by atoms with Gasteiger partial charge in [-0.25, -0.2) is 0 Å². The van der Waals surface area contributed by atoms with Crippen molar-refractivity contribution < 1.29 is 0 Å². The van der Waals surface area contributed by atoms with Crippen LogP contribution in [-0.2, 0) is 13.5 Å². The van der Waals surface area contributed by atoms with E-state index < -0.39 is 0 Å². The molecule has 0 heterocycles. The van der Waals surface area contributed by atoms with Crippen molar-refractivity contribution in [1.82, 2.24) is 0 Å². The molecule has 0 rings (SSSR count). The van der Waals surface area contributed by atoms with Crippen molar-refractivity contribution >= 4 is 13.5 Å². The predicted molar refractivity (Wildman–Crippen MR) is 37.5 cm³/mol. The van der Waals surface area contributed by atoms with Gasteiger partial charge in [-0.15, -0.1) is 6.58 Å². The second kappa shape index (κ2) is 53.3. The number of nitrogens with zero attached hydrogens (tertiary/aromatic N) is 3. The summed E-state index contributed by atoms with van der Waals surface area (Å²) in [4.78, 5) is 1.50. The number of allylic oxidation sites excluding steroid dienone is 1. The maximum absolute atomic E-state index is 6.75. The fourth-order valence-electron chi connectivity index (χ4n) is 0. The van der Waals surface area contributed by atoms with Crippen LogP contribution in [0.4, 0.5) is 0 Å². The summed E-state index contributed by atoms with van der Waals surface area (Å²) in [5, 5.41) is 0. The molecule has 0 radical (unpaired) electrons. The van der Waals surface area contributed by atoms with E-state index in [0.29, 0.717) is 0 Å². The van der Waals surface area contributed by atoms with Gasteiger partial charge >= 0.3 is 0 Å². The summed E-state index contributed by atoms with van der Waals surface area (Å²) in [5.74, 6) is 0. The van der Waals surface area contributed by atoms with Crippen LogP contribution in [0.15, 0.2) is 12.7 Å². The lowest BCUT2D eigenvalue weighted by atomic mass is 10.8. The molecular formula is C3H9N3S. The lowest BCUT2D eigenvalue weighted by molar-refractivity contribution is 1.80. The van der Waals surface area contributed by atoms with Gasteiger partial charge in [0, 0.05) is 0 Å². The highest BCUT2D eigenvalue weighted by Crippen LogP contribution is 1.38. The van der Waals surface area contributed by atoms with E-state index in [9.17, 15) is 0 Å². The van der Waals surface area contributed by atoms with Crippen LogP contribution >= 0.6 is 0 Å². The molecule has 0 bridgehead atoms. The quantitative estimate of drug-likeness (QED) is 0.151. The third-order valence-corrected chi connectivity index (χ3v) is 0. The van der Waals surface area contributed by atoms with E-state index in [1.807, 2.05) is 6.92 Å². The smallest absolute Gasteiger partial charge is 0.0473 e. The Hall–Kier alpha value is -0.600. The van der Waals surface area contributed by atoms with Crippen molar-refractivity contribution in [2.75, 3.05) is 0 Å². The van der Waals surface area contributed by atoms with Gasteiger partial charge < -0.3 is 11.1 Å². The highest BCUT2D eigenvalue weighted by atomic mass is 32.1. The zero-order valence-electron chi connectivity index (χ0n) is 4.20. The van der Waals surface area contributed by atoms with Gasteiger partial charge in [-0.3, -0.25) is 4.91 Å². The van der Waals surface area contributed by atoms with Crippen LogP contribution in [0.1, 0.15) is 6.92 Å². The lowest BCUT2D eigenvalue weighted by Crippen LogP contribution is -1.07. The molecule has 4 heteroatoms. The van der Waals surface area contributed by atoms with Crippen molar-refractivity contribution in [2.45, 2.75) is 6.92 Å². The largest absolute Gasteiger partial charge is 0.373 e. The van der Waals surface area contributed by atoms with E-state index in [1.165, 1.54) is 4.91 Å². The number of hydrogen-bond donors (Lipinski definition) is 0. The number of hydrogen-bond acceptors (Lipinski definition) is 0. The van der Waals surface area contributed by atoms with E-state index in [0.717, 1.165) is 0 Å². The Morgan fingerprint density at radius 1 is 1.57 bits per heavy atom. The summed E-state index contributed by atoms with van der Waals surface area (Å²) < 4.78 is 0. The van der Waals surface area contributed by atoms with Gasteiger partial charge in [0.2, 0.25) is 0 Å². The first-order chi connectivity index (χ1) is 2.83. The highest BCUT2D eigenvalue weighted by molar-refractivity contribution is 7.37. The zero-order chi connectivity index (χ0) is 5.41. The third kappa shape index (κ3) is 173. The average molecular weight is 119 g/mol. The van der Waals surface area contributed by atoms with Crippen LogP contribution in [0.2, 0.25) is 0 Å². The van der Waals surface area contributed by atoms with Gasteiger partial charge in [0.15, 0.2) is 0 Å². The molecule has 0 aliphatic heterocycles. The van der Waals surface area contributed by atoms with Gasteiger partial charge in [0.25, 0.3) is 0 Å². The van der Waals surface area contributed by atoms with Crippen LogP contribution in [0, 0.1) is 0 Å². The minimum absolute atomic E-state index is 0. The molecule has 0 aromatic carbocycles. The first-order valence-electron chi connectivity index (χ1n) is 1.39. The number of rotatable bonds is 0. The molecule has 0 atom stereocenters. The standard InChI is InChI=1S/C3H6.N3.H2S/c2*1-3-2;/h3H,1H2,2H3;;1H2/q;-1;/p+1. The van der Waals surface area contributed by atoms with E-state index in [-0.39, 0.29) is 13.5 Å². The monoisotopic (exact) mass is 119 g/mol. The maximum Gasteiger partial charge on any atom is -0.0473 e. The van der Waals surface area contributed by atoms with Crippen LogP contribution in [0.3, 0.4) is 0 Å². The van der Waals surface area contributed by atoms with Crippen LogP contribution in [-0.4, -0.2) is 0 Å². The fourth-order valence-corrected chi connectivity index (χ4v) is 0. The average Bonchev–Trinajstić information content (AvgIpc) is 1.39. The Morgan fingerprint density at radius 2 is 1.57 bits per heavy atom. The molecule has 7 heavy (non-hydrogen) atoms. The first kappa shape index (κ1) is 16.1. The molecule has 0 aromatic rings. The SMILES string of the molecule is C=CC.[N-]=[N+]=[N-].[SH3+]. The third-order valence-electron chi connectivity index (χ3n) is 0. The zero-order valence-corrected chi connectivity index (χ0v) is 5.36. The summed E-state index contributed by atoms with van der Waals surface area (Å²) in [7, 11) is 0. The Morgan fingerprint density at radius 3 is 1.57 bits per heavy atom.